The third-order valence-electron chi connectivity index (χ3n) is 4.46. The first-order chi connectivity index (χ1) is 13.4. The van der Waals surface area contributed by atoms with Crippen LogP contribution in [0.15, 0.2) is 28.9 Å². The highest BCUT2D eigenvalue weighted by Crippen LogP contribution is 2.29. The molecule has 1 aromatic carbocycles. The van der Waals surface area contributed by atoms with Crippen LogP contribution in [0.2, 0.25) is 0 Å². The number of rotatable bonds is 5. The Morgan fingerprint density at radius 3 is 2.93 bits per heavy atom. The molecule has 2 atom stereocenters. The monoisotopic (exact) mass is 447 g/mol. The number of nitrogens with two attached hydrogens (primary N) is 1. The van der Waals surface area contributed by atoms with Crippen molar-refractivity contribution in [1.29, 1.82) is 5.26 Å². The lowest BCUT2D eigenvalue weighted by Gasteiger charge is -2.26. The molecule has 1 unspecified atom stereocenters. The molecule has 9 nitrogen and oxygen atoms in total. The van der Waals surface area contributed by atoms with Gasteiger partial charge >= 0.3 is 5.97 Å². The molecule has 10 heteroatoms. The van der Waals surface area contributed by atoms with E-state index in [9.17, 15) is 14.9 Å². The molecule has 28 heavy (non-hydrogen) atoms. The van der Waals surface area contributed by atoms with Gasteiger partial charge in [-0.05, 0) is 40.5 Å². The summed E-state index contributed by atoms with van der Waals surface area (Å²) >= 11 is 3.30. The summed E-state index contributed by atoms with van der Waals surface area (Å²) in [5.74, 6) is -1.22. The van der Waals surface area contributed by atoms with E-state index in [4.69, 9.17) is 15.2 Å². The summed E-state index contributed by atoms with van der Waals surface area (Å²) in [5.41, 5.74) is 6.50. The average molecular weight is 448 g/mol. The smallest absolute Gasteiger partial charge is 0.339 e. The number of hydrogen-bond donors (Lipinski definition) is 2. The minimum atomic E-state index is -0.663. The number of benzene rings is 1. The molecule has 1 saturated heterocycles. The second kappa shape index (κ2) is 8.41. The molecule has 3 N–H and O–H groups in total. The van der Waals surface area contributed by atoms with Gasteiger partial charge in [0, 0.05) is 23.0 Å². The summed E-state index contributed by atoms with van der Waals surface area (Å²) < 4.78 is 12.3. The van der Waals surface area contributed by atoms with Gasteiger partial charge in [-0.3, -0.25) is 9.48 Å². The van der Waals surface area contributed by atoms with Crippen molar-refractivity contribution >= 4 is 39.3 Å². The number of nitrogens with zero attached hydrogens (tertiary/aromatic N) is 3. The minimum absolute atomic E-state index is 0.171. The van der Waals surface area contributed by atoms with Crippen molar-refractivity contribution in [2.24, 2.45) is 11.7 Å². The van der Waals surface area contributed by atoms with Crippen molar-refractivity contribution in [2.75, 3.05) is 25.6 Å². The molecule has 1 fully saturated rings. The van der Waals surface area contributed by atoms with E-state index in [1.807, 2.05) is 0 Å². The van der Waals surface area contributed by atoms with E-state index >= 15 is 0 Å². The normalized spacial score (nSPS) is 18.9. The molecule has 0 aliphatic carbocycles. The van der Waals surface area contributed by atoms with Crippen molar-refractivity contribution < 1.29 is 19.1 Å². The van der Waals surface area contributed by atoms with Crippen molar-refractivity contribution in [2.45, 2.75) is 12.5 Å². The zero-order chi connectivity index (χ0) is 20.3. The summed E-state index contributed by atoms with van der Waals surface area (Å²) in [7, 11) is 1.29. The fourth-order valence-electron chi connectivity index (χ4n) is 2.97. The fraction of sp³-hybridized carbons (Fsp3) is 0.333. The van der Waals surface area contributed by atoms with Gasteiger partial charge in [-0.1, -0.05) is 0 Å². The van der Waals surface area contributed by atoms with Crippen molar-refractivity contribution in [3.63, 3.8) is 0 Å². The van der Waals surface area contributed by atoms with E-state index in [2.05, 4.69) is 32.4 Å². The van der Waals surface area contributed by atoms with Gasteiger partial charge in [0.15, 0.2) is 5.82 Å². The number of nitrogens with one attached hydrogen (secondary N) is 1. The highest BCUT2D eigenvalue weighted by molar-refractivity contribution is 9.10. The third kappa shape index (κ3) is 4.00. The van der Waals surface area contributed by atoms with Crippen LogP contribution in [0, 0.1) is 17.2 Å². The second-order valence-corrected chi connectivity index (χ2v) is 7.07. The van der Waals surface area contributed by atoms with Gasteiger partial charge in [0.05, 0.1) is 37.3 Å². The minimum Gasteiger partial charge on any atom is -0.465 e. The number of aromatic nitrogens is 2. The molecule has 0 bridgehead atoms. The Bertz CT molecular complexity index is 952. The van der Waals surface area contributed by atoms with Crippen LogP contribution in [0.3, 0.4) is 0 Å². The van der Waals surface area contributed by atoms with Crippen LogP contribution < -0.4 is 11.1 Å². The van der Waals surface area contributed by atoms with E-state index in [0.29, 0.717) is 35.4 Å². The van der Waals surface area contributed by atoms with Gasteiger partial charge in [0.25, 0.3) is 5.91 Å². The Labute approximate surface area is 169 Å². The Morgan fingerprint density at radius 2 is 2.25 bits per heavy atom. The van der Waals surface area contributed by atoms with Crippen LogP contribution in [-0.2, 0) is 9.47 Å². The van der Waals surface area contributed by atoms with Crippen LogP contribution in [0.1, 0.15) is 33.2 Å². The number of halogens is 1. The highest BCUT2D eigenvalue weighted by Gasteiger charge is 2.29. The van der Waals surface area contributed by atoms with Gasteiger partial charge < -0.3 is 20.5 Å². The van der Waals surface area contributed by atoms with Crippen LogP contribution in [0.5, 0.6) is 0 Å². The SMILES string of the molecule is COC(=O)c1cc(Nc2nn(C3COCC[C@@H]3C#N)cc2C(N)=O)ccc1Br. The van der Waals surface area contributed by atoms with Gasteiger partial charge in [-0.25, -0.2) is 4.79 Å². The molecule has 2 aromatic rings. The first-order valence-electron chi connectivity index (χ1n) is 8.45. The summed E-state index contributed by atoms with van der Waals surface area (Å²) in [6.07, 6.45) is 2.10. The fourth-order valence-corrected chi connectivity index (χ4v) is 3.38. The Morgan fingerprint density at radius 1 is 1.46 bits per heavy atom. The Balaban J connectivity index is 1.94. The number of nitriles is 1. The molecule has 2 heterocycles. The molecular weight excluding hydrogens is 430 g/mol. The van der Waals surface area contributed by atoms with Gasteiger partial charge in [-0.15, -0.1) is 0 Å². The van der Waals surface area contributed by atoms with Crippen molar-refractivity contribution in [1.82, 2.24) is 9.78 Å². The van der Waals surface area contributed by atoms with E-state index in [0.717, 1.165) is 0 Å². The quantitative estimate of drug-likeness (QED) is 0.671. The van der Waals surface area contributed by atoms with Gasteiger partial charge in [0.2, 0.25) is 0 Å². The van der Waals surface area contributed by atoms with Crippen LogP contribution in [-0.4, -0.2) is 42.0 Å². The van der Waals surface area contributed by atoms with Gasteiger partial charge in [-0.2, -0.15) is 10.4 Å². The lowest BCUT2D eigenvalue weighted by Crippen LogP contribution is -2.29. The zero-order valence-electron chi connectivity index (χ0n) is 15.0. The molecule has 1 aliphatic rings. The topological polar surface area (TPSA) is 132 Å². The standard InChI is InChI=1S/C18H18BrN5O4/c1-27-18(26)12-6-11(2-3-14(12)19)22-17-13(16(21)25)8-24(23-17)15-9-28-5-4-10(15)7-20/h2-3,6,8,10,15H,4-5,9H2,1H3,(H2,21,25)(H,22,23)/t10-,15?/m1/s1. The number of hydrogen-bond acceptors (Lipinski definition) is 7. The molecular formula is C18H18BrN5O4. The lowest BCUT2D eigenvalue weighted by molar-refractivity contribution is 0.0342. The molecule has 0 spiro atoms. The number of methoxy groups -OCH3 is 1. The average Bonchev–Trinajstić information content (AvgIpc) is 3.12. The molecule has 0 saturated carbocycles. The Kier molecular flexibility index (Phi) is 5.96. The number of anilines is 2. The van der Waals surface area contributed by atoms with Crippen LogP contribution in [0.4, 0.5) is 11.5 Å². The number of primary amides is 1. The first-order valence-corrected chi connectivity index (χ1v) is 9.25. The number of esters is 1. The lowest BCUT2D eigenvalue weighted by atomic mass is 9.97. The number of carbonyl (C=O) groups is 2. The van der Waals surface area contributed by atoms with Crippen molar-refractivity contribution in [3.8, 4) is 6.07 Å². The number of carbonyl (C=O) groups excluding carboxylic acids is 2. The first kappa shape index (κ1) is 19.9. The summed E-state index contributed by atoms with van der Waals surface area (Å²) in [6.45, 7) is 0.835. The maximum atomic E-state index is 11.9. The number of ether oxygens (including phenoxy) is 2. The van der Waals surface area contributed by atoms with E-state index < -0.39 is 11.9 Å². The second-order valence-electron chi connectivity index (χ2n) is 6.21. The largest absolute Gasteiger partial charge is 0.465 e. The molecule has 0 radical (unpaired) electrons. The maximum Gasteiger partial charge on any atom is 0.339 e. The molecule has 3 rings (SSSR count). The van der Waals surface area contributed by atoms with E-state index in [1.54, 1.807) is 18.2 Å². The highest BCUT2D eigenvalue weighted by atomic mass is 79.9. The number of amides is 1. The zero-order valence-corrected chi connectivity index (χ0v) is 16.6. The Hall–Kier alpha value is -2.90. The van der Waals surface area contributed by atoms with Gasteiger partial charge in [0.1, 0.15) is 5.56 Å². The van der Waals surface area contributed by atoms with E-state index in [1.165, 1.54) is 18.0 Å². The van der Waals surface area contributed by atoms with Crippen LogP contribution in [0.25, 0.3) is 0 Å². The summed E-state index contributed by atoms with van der Waals surface area (Å²) in [5, 5.41) is 16.8. The molecule has 1 aromatic heterocycles. The van der Waals surface area contributed by atoms with E-state index in [-0.39, 0.29) is 23.3 Å². The predicted molar refractivity (Wildman–Crippen MR) is 103 cm³/mol. The predicted octanol–water partition coefficient (Wildman–Crippen LogP) is 2.38. The maximum absolute atomic E-state index is 11.9. The van der Waals surface area contributed by atoms with Crippen molar-refractivity contribution in [3.05, 3.63) is 40.0 Å². The summed E-state index contributed by atoms with van der Waals surface area (Å²) in [6, 6.07) is 6.90. The molecule has 146 valence electrons. The molecule has 1 amide bonds. The molecule has 1 aliphatic heterocycles. The van der Waals surface area contributed by atoms with Crippen LogP contribution >= 0.6 is 15.9 Å². The summed E-state index contributed by atoms with van der Waals surface area (Å²) in [4.78, 5) is 23.8. The third-order valence-corrected chi connectivity index (χ3v) is 5.16.